The molecule has 1 unspecified atom stereocenters. The first kappa shape index (κ1) is 15.5. The third-order valence-electron chi connectivity index (χ3n) is 2.43. The van der Waals surface area contributed by atoms with Crippen LogP contribution >= 0.6 is 0 Å². The Morgan fingerprint density at radius 1 is 1.41 bits per heavy atom. The lowest BCUT2D eigenvalue weighted by molar-refractivity contribution is -0.130. The molecule has 5 nitrogen and oxygen atoms in total. The molecule has 0 aliphatic heterocycles. The Kier molecular flexibility index (Phi) is 7.82. The van der Waals surface area contributed by atoms with E-state index in [1.807, 2.05) is 13.8 Å². The SMILES string of the molecule is C#CCC(N)C(=O)NCCC(=O)N(CC)CC. The van der Waals surface area contributed by atoms with E-state index in [2.05, 4.69) is 11.2 Å². The lowest BCUT2D eigenvalue weighted by Gasteiger charge is -2.18. The van der Waals surface area contributed by atoms with Crippen molar-refractivity contribution in [2.45, 2.75) is 32.7 Å². The maximum atomic E-state index is 11.6. The molecule has 3 N–H and O–H groups in total. The number of nitrogens with zero attached hydrogens (tertiary/aromatic N) is 1. The van der Waals surface area contributed by atoms with Gasteiger partial charge < -0.3 is 16.0 Å². The average Bonchev–Trinajstić information content (AvgIpc) is 2.30. The predicted octanol–water partition coefficient (Wildman–Crippen LogP) is -0.288. The summed E-state index contributed by atoms with van der Waals surface area (Å²) >= 11 is 0. The summed E-state index contributed by atoms with van der Waals surface area (Å²) in [4.78, 5) is 24.7. The quantitative estimate of drug-likeness (QED) is 0.600. The van der Waals surface area contributed by atoms with Gasteiger partial charge in [-0.1, -0.05) is 0 Å². The molecule has 0 fully saturated rings. The van der Waals surface area contributed by atoms with E-state index in [0.717, 1.165) is 0 Å². The number of carbonyl (C=O) groups excluding carboxylic acids is 2. The highest BCUT2D eigenvalue weighted by atomic mass is 16.2. The Morgan fingerprint density at radius 2 is 2.00 bits per heavy atom. The van der Waals surface area contributed by atoms with Gasteiger partial charge in [0.05, 0.1) is 6.04 Å². The zero-order chi connectivity index (χ0) is 13.3. The highest BCUT2D eigenvalue weighted by molar-refractivity contribution is 5.82. The summed E-state index contributed by atoms with van der Waals surface area (Å²) in [6, 6.07) is -0.691. The normalized spacial score (nSPS) is 11.4. The maximum Gasteiger partial charge on any atom is 0.237 e. The van der Waals surface area contributed by atoms with Crippen molar-refractivity contribution in [3.8, 4) is 12.3 Å². The minimum atomic E-state index is -0.691. The lowest BCUT2D eigenvalue weighted by Crippen LogP contribution is -2.42. The van der Waals surface area contributed by atoms with Crippen LogP contribution in [0.2, 0.25) is 0 Å². The Hall–Kier alpha value is -1.54. The molecule has 17 heavy (non-hydrogen) atoms. The molecule has 0 aromatic rings. The third-order valence-corrected chi connectivity index (χ3v) is 2.43. The van der Waals surface area contributed by atoms with Crippen molar-refractivity contribution < 1.29 is 9.59 Å². The first-order valence-electron chi connectivity index (χ1n) is 5.81. The number of nitrogens with one attached hydrogen (secondary N) is 1. The Labute approximate surface area is 103 Å². The van der Waals surface area contributed by atoms with Crippen molar-refractivity contribution in [2.24, 2.45) is 5.73 Å². The van der Waals surface area contributed by atoms with E-state index in [4.69, 9.17) is 12.2 Å². The molecule has 96 valence electrons. The van der Waals surface area contributed by atoms with Gasteiger partial charge in [0.15, 0.2) is 0 Å². The number of rotatable bonds is 7. The van der Waals surface area contributed by atoms with E-state index in [0.29, 0.717) is 19.6 Å². The zero-order valence-electron chi connectivity index (χ0n) is 10.5. The van der Waals surface area contributed by atoms with Gasteiger partial charge in [-0.25, -0.2) is 0 Å². The van der Waals surface area contributed by atoms with Crippen molar-refractivity contribution in [1.82, 2.24) is 10.2 Å². The molecule has 0 bridgehead atoms. The van der Waals surface area contributed by atoms with Crippen LogP contribution in [0.3, 0.4) is 0 Å². The molecule has 0 radical (unpaired) electrons. The van der Waals surface area contributed by atoms with Crippen molar-refractivity contribution in [1.29, 1.82) is 0 Å². The van der Waals surface area contributed by atoms with Crippen LogP contribution in [-0.2, 0) is 9.59 Å². The summed E-state index contributed by atoms with van der Waals surface area (Å²) in [6.07, 6.45) is 5.54. The van der Waals surface area contributed by atoms with Crippen LogP contribution in [0.25, 0.3) is 0 Å². The fourth-order valence-corrected chi connectivity index (χ4v) is 1.38. The van der Waals surface area contributed by atoms with Crippen LogP contribution in [0.5, 0.6) is 0 Å². The number of hydrogen-bond donors (Lipinski definition) is 2. The molecule has 0 saturated heterocycles. The van der Waals surface area contributed by atoms with Gasteiger partial charge in [-0.2, -0.15) is 0 Å². The lowest BCUT2D eigenvalue weighted by atomic mass is 10.2. The summed E-state index contributed by atoms with van der Waals surface area (Å²) in [6.45, 7) is 5.50. The van der Waals surface area contributed by atoms with Crippen molar-refractivity contribution in [2.75, 3.05) is 19.6 Å². The third kappa shape index (κ3) is 5.93. The Morgan fingerprint density at radius 3 is 2.47 bits per heavy atom. The second-order valence-electron chi connectivity index (χ2n) is 3.62. The Bertz CT molecular complexity index is 293. The highest BCUT2D eigenvalue weighted by Crippen LogP contribution is 1.93. The molecule has 2 amide bonds. The van der Waals surface area contributed by atoms with Gasteiger partial charge in [0.2, 0.25) is 11.8 Å². The topological polar surface area (TPSA) is 75.4 Å². The minimum absolute atomic E-state index is 0.0285. The summed E-state index contributed by atoms with van der Waals surface area (Å²) in [7, 11) is 0. The molecule has 0 heterocycles. The second kappa shape index (κ2) is 8.59. The van der Waals surface area contributed by atoms with E-state index in [1.54, 1.807) is 4.90 Å². The molecule has 0 aromatic heterocycles. The van der Waals surface area contributed by atoms with Gasteiger partial charge in [-0.15, -0.1) is 12.3 Å². The molecule has 5 heteroatoms. The minimum Gasteiger partial charge on any atom is -0.354 e. The van der Waals surface area contributed by atoms with E-state index in [9.17, 15) is 9.59 Å². The van der Waals surface area contributed by atoms with Crippen LogP contribution in [0.4, 0.5) is 0 Å². The number of terminal acetylenes is 1. The molecule has 0 saturated carbocycles. The Balaban J connectivity index is 3.88. The molecule has 0 rings (SSSR count). The maximum absolute atomic E-state index is 11.6. The van der Waals surface area contributed by atoms with E-state index < -0.39 is 6.04 Å². The summed E-state index contributed by atoms with van der Waals surface area (Å²) in [5, 5.41) is 2.59. The molecule has 1 atom stereocenters. The first-order chi connectivity index (χ1) is 8.06. The molecular formula is C12H21N3O2. The fraction of sp³-hybridized carbons (Fsp3) is 0.667. The zero-order valence-corrected chi connectivity index (χ0v) is 10.5. The smallest absolute Gasteiger partial charge is 0.237 e. The molecule has 0 spiro atoms. The van der Waals surface area contributed by atoms with Gasteiger partial charge in [0.25, 0.3) is 0 Å². The van der Waals surface area contributed by atoms with Crippen LogP contribution in [-0.4, -0.2) is 42.4 Å². The van der Waals surface area contributed by atoms with Crippen LogP contribution in [0, 0.1) is 12.3 Å². The van der Waals surface area contributed by atoms with Gasteiger partial charge in [-0.3, -0.25) is 9.59 Å². The number of nitrogens with two attached hydrogens (primary N) is 1. The largest absolute Gasteiger partial charge is 0.354 e. The van der Waals surface area contributed by atoms with Gasteiger partial charge in [-0.05, 0) is 13.8 Å². The standard InChI is InChI=1S/C12H21N3O2/c1-4-7-10(13)12(17)14-9-8-11(16)15(5-2)6-3/h1,10H,5-9,13H2,2-3H3,(H,14,17). The predicted molar refractivity (Wildman–Crippen MR) is 67.0 cm³/mol. The van der Waals surface area contributed by atoms with Crippen LogP contribution < -0.4 is 11.1 Å². The van der Waals surface area contributed by atoms with E-state index in [-0.39, 0.29) is 24.7 Å². The molecular weight excluding hydrogens is 218 g/mol. The van der Waals surface area contributed by atoms with Crippen LogP contribution in [0.15, 0.2) is 0 Å². The summed E-state index contributed by atoms with van der Waals surface area (Å²) in [5.74, 6) is 2.04. The van der Waals surface area contributed by atoms with E-state index in [1.165, 1.54) is 0 Å². The van der Waals surface area contributed by atoms with Gasteiger partial charge in [0.1, 0.15) is 0 Å². The van der Waals surface area contributed by atoms with Crippen molar-refractivity contribution in [3.63, 3.8) is 0 Å². The van der Waals surface area contributed by atoms with Crippen molar-refractivity contribution >= 4 is 11.8 Å². The summed E-state index contributed by atoms with van der Waals surface area (Å²) < 4.78 is 0. The van der Waals surface area contributed by atoms with Crippen molar-refractivity contribution in [3.05, 3.63) is 0 Å². The number of carbonyl (C=O) groups is 2. The number of amides is 2. The second-order valence-corrected chi connectivity index (χ2v) is 3.62. The molecule has 0 aliphatic rings. The van der Waals surface area contributed by atoms with Crippen LogP contribution in [0.1, 0.15) is 26.7 Å². The monoisotopic (exact) mass is 239 g/mol. The van der Waals surface area contributed by atoms with E-state index >= 15 is 0 Å². The van der Waals surface area contributed by atoms with Gasteiger partial charge in [0, 0.05) is 32.5 Å². The molecule has 0 aromatic carbocycles. The van der Waals surface area contributed by atoms with Gasteiger partial charge >= 0.3 is 0 Å². The first-order valence-corrected chi connectivity index (χ1v) is 5.81. The average molecular weight is 239 g/mol. The molecule has 0 aliphatic carbocycles. The number of hydrogen-bond acceptors (Lipinski definition) is 3. The highest BCUT2D eigenvalue weighted by Gasteiger charge is 2.13. The fourth-order valence-electron chi connectivity index (χ4n) is 1.38. The summed E-state index contributed by atoms with van der Waals surface area (Å²) in [5.41, 5.74) is 5.51.